The molecule has 0 aliphatic rings. The van der Waals surface area contributed by atoms with E-state index in [4.69, 9.17) is 18.6 Å². The van der Waals surface area contributed by atoms with E-state index in [0.717, 1.165) is 6.07 Å². The summed E-state index contributed by atoms with van der Waals surface area (Å²) in [4.78, 5) is 24.6. The molecule has 0 aliphatic heterocycles. The number of rotatable bonds is 9. The Morgan fingerprint density at radius 3 is 2.48 bits per heavy atom. The first-order valence-corrected chi connectivity index (χ1v) is 8.83. The molecule has 1 aromatic carbocycles. The number of nitrogens with one attached hydrogen (secondary N) is 1. The molecule has 2 aromatic rings. The van der Waals surface area contributed by atoms with Gasteiger partial charge in [0.1, 0.15) is 5.76 Å². The summed E-state index contributed by atoms with van der Waals surface area (Å²) in [6.45, 7) is 1.68. The Bertz CT molecular complexity index is 904. The van der Waals surface area contributed by atoms with Crippen LogP contribution in [-0.2, 0) is 14.3 Å². The van der Waals surface area contributed by atoms with Crippen LogP contribution in [0.1, 0.15) is 29.4 Å². The van der Waals surface area contributed by atoms with Gasteiger partial charge in [-0.05, 0) is 24.6 Å². The molecule has 158 valence electrons. The predicted molar refractivity (Wildman–Crippen MR) is 103 cm³/mol. The third kappa shape index (κ3) is 5.49. The Kier molecular flexibility index (Phi) is 7.63. The molecule has 3 N–H and O–H groups in total. The molecule has 1 amide bonds. The van der Waals surface area contributed by atoms with E-state index in [1.165, 1.54) is 33.5 Å². The Balaban J connectivity index is 2.42. The molecule has 0 radical (unpaired) electrons. The number of aryl methyl sites for hydroxylation is 1. The zero-order valence-electron chi connectivity index (χ0n) is 16.7. The highest BCUT2D eigenvalue weighted by atomic mass is 16.7. The predicted octanol–water partition coefficient (Wildman–Crippen LogP) is 1.63. The van der Waals surface area contributed by atoms with Gasteiger partial charge >= 0.3 is 0 Å². The van der Waals surface area contributed by atoms with E-state index in [9.17, 15) is 19.8 Å². The molecular weight excluding hydrogens is 382 g/mol. The van der Waals surface area contributed by atoms with Crippen LogP contribution >= 0.6 is 0 Å². The Morgan fingerprint density at radius 2 is 1.86 bits per heavy atom. The fourth-order valence-corrected chi connectivity index (χ4v) is 2.85. The Hall–Kier alpha value is -3.04. The van der Waals surface area contributed by atoms with Crippen molar-refractivity contribution in [1.82, 2.24) is 5.32 Å². The maximum Gasteiger partial charge on any atom is 0.227 e. The third-order valence-electron chi connectivity index (χ3n) is 4.38. The average Bonchev–Trinajstić information content (AvgIpc) is 2.70. The highest BCUT2D eigenvalue weighted by Gasteiger charge is 2.27. The van der Waals surface area contributed by atoms with Crippen LogP contribution in [0.2, 0.25) is 0 Å². The lowest BCUT2D eigenvalue weighted by atomic mass is 9.91. The molecular formula is C20H25NO8. The summed E-state index contributed by atoms with van der Waals surface area (Å²) in [6, 6.07) is 5.64. The highest BCUT2D eigenvalue weighted by Crippen LogP contribution is 2.37. The lowest BCUT2D eigenvalue weighted by Gasteiger charge is -2.20. The monoisotopic (exact) mass is 407 g/mol. The number of hydrogen-bond donors (Lipinski definition) is 3. The smallest absolute Gasteiger partial charge is 0.227 e. The number of phenols is 1. The van der Waals surface area contributed by atoms with Gasteiger partial charge in [0.25, 0.3) is 0 Å². The molecule has 0 bridgehead atoms. The van der Waals surface area contributed by atoms with Gasteiger partial charge in [0.05, 0.1) is 19.6 Å². The number of methoxy groups -OCH3 is 3. The molecule has 0 saturated heterocycles. The minimum atomic E-state index is -0.805. The van der Waals surface area contributed by atoms with Gasteiger partial charge in [0.2, 0.25) is 17.1 Å². The number of carbonyl (C=O) groups is 1. The van der Waals surface area contributed by atoms with Gasteiger partial charge in [-0.3, -0.25) is 9.59 Å². The summed E-state index contributed by atoms with van der Waals surface area (Å²) in [6.07, 6.45) is -0.759. The summed E-state index contributed by atoms with van der Waals surface area (Å²) in [5.74, 6) is -1.43. The number of amides is 1. The van der Waals surface area contributed by atoms with Crippen LogP contribution in [0.25, 0.3) is 0 Å². The van der Waals surface area contributed by atoms with E-state index in [0.29, 0.717) is 5.56 Å². The zero-order valence-corrected chi connectivity index (χ0v) is 16.7. The number of ether oxygens (including phenoxy) is 3. The first kappa shape index (κ1) is 22.3. The molecule has 0 fully saturated rings. The van der Waals surface area contributed by atoms with Crippen LogP contribution in [0.4, 0.5) is 0 Å². The maximum absolute atomic E-state index is 12.5. The van der Waals surface area contributed by atoms with Crippen molar-refractivity contribution in [3.63, 3.8) is 0 Å². The Labute approximate surface area is 167 Å². The standard InChI is InChI=1S/C20H25NO8/c1-11-7-15(23)19(25)20(29-11)13(9-17(24)21-10-18(27-3)28-4)12-5-6-14(22)16(8-12)26-2/h5-8,13,18,22,25H,9-10H2,1-4H3,(H,21,24)/t13-/m0/s1. The van der Waals surface area contributed by atoms with Crippen LogP contribution in [0, 0.1) is 6.92 Å². The van der Waals surface area contributed by atoms with Gasteiger partial charge in [-0.15, -0.1) is 0 Å². The van der Waals surface area contributed by atoms with Crippen LogP contribution in [0.3, 0.4) is 0 Å². The molecule has 29 heavy (non-hydrogen) atoms. The van der Waals surface area contributed by atoms with Crippen molar-refractivity contribution >= 4 is 5.91 Å². The second-order valence-electron chi connectivity index (χ2n) is 6.33. The summed E-state index contributed by atoms with van der Waals surface area (Å²) < 4.78 is 20.8. The molecule has 0 aliphatic carbocycles. The van der Waals surface area contributed by atoms with E-state index in [-0.39, 0.29) is 41.9 Å². The van der Waals surface area contributed by atoms with Crippen molar-refractivity contribution in [3.05, 3.63) is 51.6 Å². The van der Waals surface area contributed by atoms with Crippen LogP contribution in [-0.4, -0.2) is 50.3 Å². The lowest BCUT2D eigenvalue weighted by Crippen LogP contribution is -2.35. The number of phenolic OH excluding ortho intramolecular Hbond substituents is 1. The number of carbonyl (C=O) groups excluding carboxylic acids is 1. The van der Waals surface area contributed by atoms with Crippen LogP contribution in [0.15, 0.2) is 33.5 Å². The second kappa shape index (κ2) is 9.94. The van der Waals surface area contributed by atoms with Crippen molar-refractivity contribution in [2.75, 3.05) is 27.9 Å². The normalized spacial score (nSPS) is 12.0. The number of benzene rings is 1. The molecule has 9 heteroatoms. The summed E-state index contributed by atoms with van der Waals surface area (Å²) in [5, 5.41) is 22.8. The van der Waals surface area contributed by atoms with Crippen molar-refractivity contribution in [1.29, 1.82) is 0 Å². The maximum atomic E-state index is 12.5. The first-order chi connectivity index (χ1) is 13.8. The van der Waals surface area contributed by atoms with Crippen LogP contribution in [0.5, 0.6) is 17.2 Å². The molecule has 0 spiro atoms. The molecule has 0 unspecified atom stereocenters. The molecule has 0 saturated carbocycles. The Morgan fingerprint density at radius 1 is 1.17 bits per heavy atom. The van der Waals surface area contributed by atoms with Crippen molar-refractivity contribution in [2.24, 2.45) is 0 Å². The zero-order chi connectivity index (χ0) is 21.6. The van der Waals surface area contributed by atoms with E-state index in [2.05, 4.69) is 5.32 Å². The van der Waals surface area contributed by atoms with E-state index in [1.54, 1.807) is 13.0 Å². The largest absolute Gasteiger partial charge is 0.504 e. The third-order valence-corrected chi connectivity index (χ3v) is 4.38. The van der Waals surface area contributed by atoms with Gasteiger partial charge in [-0.2, -0.15) is 0 Å². The van der Waals surface area contributed by atoms with Gasteiger partial charge in [0, 0.05) is 26.7 Å². The van der Waals surface area contributed by atoms with Crippen molar-refractivity contribution in [3.8, 4) is 17.2 Å². The van der Waals surface area contributed by atoms with Gasteiger partial charge in [0.15, 0.2) is 23.5 Å². The number of aromatic hydroxyl groups is 2. The quantitative estimate of drug-likeness (QED) is 0.535. The molecule has 1 aromatic heterocycles. The minimum absolute atomic E-state index is 0.0482. The van der Waals surface area contributed by atoms with Crippen molar-refractivity contribution < 1.29 is 33.6 Å². The number of hydrogen-bond acceptors (Lipinski definition) is 8. The molecule has 9 nitrogen and oxygen atoms in total. The van der Waals surface area contributed by atoms with Crippen molar-refractivity contribution in [2.45, 2.75) is 25.6 Å². The lowest BCUT2D eigenvalue weighted by molar-refractivity contribution is -0.127. The summed E-state index contributed by atoms with van der Waals surface area (Å²) in [5.41, 5.74) is -0.104. The SMILES string of the molecule is COc1cc([C@H](CC(=O)NCC(OC)OC)c2oc(C)cc(=O)c2O)ccc1O. The van der Waals surface area contributed by atoms with E-state index >= 15 is 0 Å². The average molecular weight is 407 g/mol. The topological polar surface area (TPSA) is 127 Å². The fraction of sp³-hybridized carbons (Fsp3) is 0.400. The van der Waals surface area contributed by atoms with Crippen LogP contribution < -0.4 is 15.5 Å². The first-order valence-electron chi connectivity index (χ1n) is 8.83. The molecule has 1 heterocycles. The van der Waals surface area contributed by atoms with Gasteiger partial charge in [-0.25, -0.2) is 0 Å². The fourth-order valence-electron chi connectivity index (χ4n) is 2.85. The minimum Gasteiger partial charge on any atom is -0.504 e. The molecule has 1 atom stereocenters. The van der Waals surface area contributed by atoms with Gasteiger partial charge < -0.3 is 34.2 Å². The van der Waals surface area contributed by atoms with Gasteiger partial charge in [-0.1, -0.05) is 6.07 Å². The highest BCUT2D eigenvalue weighted by molar-refractivity contribution is 5.77. The second-order valence-corrected chi connectivity index (χ2v) is 6.33. The summed E-state index contributed by atoms with van der Waals surface area (Å²) >= 11 is 0. The molecule has 2 rings (SSSR count). The van der Waals surface area contributed by atoms with E-state index in [1.807, 2.05) is 0 Å². The summed E-state index contributed by atoms with van der Waals surface area (Å²) in [7, 11) is 4.29. The van der Waals surface area contributed by atoms with E-state index < -0.39 is 23.4 Å².